The molecule has 8 heteroatoms. The summed E-state index contributed by atoms with van der Waals surface area (Å²) in [6.45, 7) is 4.02. The van der Waals surface area contributed by atoms with Crippen LogP contribution in [-0.4, -0.2) is 30.1 Å². The Morgan fingerprint density at radius 3 is 2.57 bits per heavy atom. The molecule has 0 aliphatic carbocycles. The first-order valence-electron chi connectivity index (χ1n) is 8.69. The van der Waals surface area contributed by atoms with Crippen molar-refractivity contribution in [2.75, 3.05) is 11.0 Å². The Hall–Kier alpha value is -3.13. The van der Waals surface area contributed by atoms with Gasteiger partial charge >= 0.3 is 0 Å². The Balaban J connectivity index is 1.79. The van der Waals surface area contributed by atoms with Gasteiger partial charge in [0.25, 0.3) is 5.91 Å². The van der Waals surface area contributed by atoms with Crippen molar-refractivity contribution in [1.82, 2.24) is 14.9 Å². The second-order valence-electron chi connectivity index (χ2n) is 6.56. The van der Waals surface area contributed by atoms with Gasteiger partial charge in [0.15, 0.2) is 0 Å². The Morgan fingerprint density at radius 1 is 1.14 bits per heavy atom. The van der Waals surface area contributed by atoms with Crippen molar-refractivity contribution in [3.05, 3.63) is 77.4 Å². The van der Waals surface area contributed by atoms with Gasteiger partial charge in [0.1, 0.15) is 5.82 Å². The fourth-order valence-electron chi connectivity index (χ4n) is 2.88. The van der Waals surface area contributed by atoms with Crippen molar-refractivity contribution >= 4 is 21.6 Å². The van der Waals surface area contributed by atoms with Crippen LogP contribution < -0.4 is 10.0 Å². The monoisotopic (exact) mass is 398 g/mol. The summed E-state index contributed by atoms with van der Waals surface area (Å²) >= 11 is 0. The van der Waals surface area contributed by atoms with Gasteiger partial charge < -0.3 is 9.88 Å². The highest BCUT2D eigenvalue weighted by molar-refractivity contribution is 7.92. The number of aryl methyl sites for hydroxylation is 2. The topological polar surface area (TPSA) is 93.1 Å². The van der Waals surface area contributed by atoms with Gasteiger partial charge in [0.2, 0.25) is 10.0 Å². The molecule has 1 aromatic heterocycles. The normalized spacial score (nSPS) is 11.2. The molecule has 0 saturated heterocycles. The largest absolute Gasteiger partial charge is 0.348 e. The minimum atomic E-state index is -3.42. The number of para-hydroxylation sites is 1. The van der Waals surface area contributed by atoms with Crippen molar-refractivity contribution in [3.8, 4) is 5.69 Å². The standard InChI is InChI=1S/C20H22N4O3S/c1-14-8-9-16(12-18(14)23-28(3,26)27)20(25)22-13-17-6-4-5-7-19(17)24-11-10-21-15(24)2/h4-12,23H,13H2,1-3H3,(H,22,25). The summed E-state index contributed by atoms with van der Waals surface area (Å²) in [5.74, 6) is 0.572. The van der Waals surface area contributed by atoms with E-state index in [2.05, 4.69) is 15.0 Å². The van der Waals surface area contributed by atoms with E-state index in [1.807, 2.05) is 42.0 Å². The van der Waals surface area contributed by atoms with Crippen LogP contribution in [0.3, 0.4) is 0 Å². The summed E-state index contributed by atoms with van der Waals surface area (Å²) in [6.07, 6.45) is 4.68. The predicted octanol–water partition coefficient (Wildman–Crippen LogP) is 2.79. The molecule has 0 radical (unpaired) electrons. The molecule has 0 atom stereocenters. The minimum Gasteiger partial charge on any atom is -0.348 e. The summed E-state index contributed by atoms with van der Waals surface area (Å²) in [5, 5.41) is 2.90. The number of carbonyl (C=O) groups excluding carboxylic acids is 1. The van der Waals surface area contributed by atoms with Gasteiger partial charge in [-0.1, -0.05) is 24.3 Å². The number of anilines is 1. The molecule has 0 aliphatic rings. The molecule has 0 fully saturated rings. The quantitative estimate of drug-likeness (QED) is 0.668. The SMILES string of the molecule is Cc1ccc(C(=O)NCc2ccccc2-n2ccnc2C)cc1NS(C)(=O)=O. The summed E-state index contributed by atoms with van der Waals surface area (Å²) < 4.78 is 27.4. The van der Waals surface area contributed by atoms with Crippen LogP contribution in [0.25, 0.3) is 5.69 Å². The summed E-state index contributed by atoms with van der Waals surface area (Å²) in [4.78, 5) is 16.8. The Kier molecular flexibility index (Phi) is 5.51. The van der Waals surface area contributed by atoms with Gasteiger partial charge in [-0.05, 0) is 43.2 Å². The first kappa shape index (κ1) is 19.6. The molecule has 0 bridgehead atoms. The molecule has 3 aromatic rings. The highest BCUT2D eigenvalue weighted by atomic mass is 32.2. The summed E-state index contributed by atoms with van der Waals surface area (Å²) in [6, 6.07) is 12.7. The van der Waals surface area contributed by atoms with Crippen LogP contribution in [-0.2, 0) is 16.6 Å². The fourth-order valence-corrected chi connectivity index (χ4v) is 3.50. The molecule has 146 valence electrons. The fraction of sp³-hybridized carbons (Fsp3) is 0.200. The lowest BCUT2D eigenvalue weighted by Gasteiger charge is -2.13. The van der Waals surface area contributed by atoms with E-state index < -0.39 is 10.0 Å². The highest BCUT2D eigenvalue weighted by Crippen LogP contribution is 2.19. The number of hydrogen-bond donors (Lipinski definition) is 2. The smallest absolute Gasteiger partial charge is 0.251 e. The molecule has 7 nitrogen and oxygen atoms in total. The lowest BCUT2D eigenvalue weighted by atomic mass is 10.1. The van der Waals surface area contributed by atoms with Crippen molar-refractivity contribution in [3.63, 3.8) is 0 Å². The number of hydrogen-bond acceptors (Lipinski definition) is 4. The Morgan fingerprint density at radius 2 is 1.89 bits per heavy atom. The van der Waals surface area contributed by atoms with Crippen LogP contribution in [0.1, 0.15) is 27.3 Å². The van der Waals surface area contributed by atoms with E-state index in [1.165, 1.54) is 6.07 Å². The number of carbonyl (C=O) groups is 1. The molecule has 0 spiro atoms. The molecule has 0 saturated carbocycles. The van der Waals surface area contributed by atoms with Crippen LogP contribution in [0.2, 0.25) is 0 Å². The number of nitrogens with zero attached hydrogens (tertiary/aromatic N) is 2. The number of sulfonamides is 1. The van der Waals surface area contributed by atoms with Gasteiger partial charge in [-0.3, -0.25) is 9.52 Å². The lowest BCUT2D eigenvalue weighted by molar-refractivity contribution is 0.0951. The van der Waals surface area contributed by atoms with E-state index in [9.17, 15) is 13.2 Å². The van der Waals surface area contributed by atoms with Crippen molar-refractivity contribution in [2.45, 2.75) is 20.4 Å². The Labute approximate surface area is 164 Å². The van der Waals surface area contributed by atoms with Crippen molar-refractivity contribution in [2.24, 2.45) is 0 Å². The predicted molar refractivity (Wildman–Crippen MR) is 109 cm³/mol. The number of benzene rings is 2. The minimum absolute atomic E-state index is 0.284. The Bertz CT molecular complexity index is 1120. The van der Waals surface area contributed by atoms with Crippen molar-refractivity contribution < 1.29 is 13.2 Å². The second kappa shape index (κ2) is 7.85. The molecule has 2 N–H and O–H groups in total. The van der Waals surface area contributed by atoms with Crippen LogP contribution in [0.4, 0.5) is 5.69 Å². The first-order chi connectivity index (χ1) is 13.2. The van der Waals surface area contributed by atoms with Gasteiger partial charge in [0, 0.05) is 24.5 Å². The molecular formula is C20H22N4O3S. The first-order valence-corrected chi connectivity index (χ1v) is 10.6. The summed E-state index contributed by atoms with van der Waals surface area (Å²) in [7, 11) is -3.42. The molecule has 1 amide bonds. The number of amides is 1. The lowest BCUT2D eigenvalue weighted by Crippen LogP contribution is -2.24. The average molecular weight is 398 g/mol. The zero-order valence-electron chi connectivity index (χ0n) is 15.9. The zero-order valence-corrected chi connectivity index (χ0v) is 16.7. The van der Waals surface area contributed by atoms with E-state index in [0.717, 1.165) is 28.9 Å². The number of rotatable bonds is 6. The van der Waals surface area contributed by atoms with Crippen LogP contribution >= 0.6 is 0 Å². The van der Waals surface area contributed by atoms with E-state index in [-0.39, 0.29) is 5.91 Å². The van der Waals surface area contributed by atoms with Gasteiger partial charge in [-0.15, -0.1) is 0 Å². The third kappa shape index (κ3) is 4.58. The van der Waals surface area contributed by atoms with E-state index in [1.54, 1.807) is 25.3 Å². The molecule has 0 aliphatic heterocycles. The second-order valence-corrected chi connectivity index (χ2v) is 8.31. The maximum atomic E-state index is 12.6. The van der Waals surface area contributed by atoms with E-state index >= 15 is 0 Å². The number of nitrogens with one attached hydrogen (secondary N) is 2. The molecule has 0 unspecified atom stereocenters. The van der Waals surface area contributed by atoms with Gasteiger partial charge in [-0.25, -0.2) is 13.4 Å². The molecule has 3 rings (SSSR count). The number of aromatic nitrogens is 2. The van der Waals surface area contributed by atoms with Crippen molar-refractivity contribution in [1.29, 1.82) is 0 Å². The van der Waals surface area contributed by atoms with Crippen LogP contribution in [0, 0.1) is 13.8 Å². The maximum Gasteiger partial charge on any atom is 0.251 e. The zero-order chi connectivity index (χ0) is 20.3. The third-order valence-corrected chi connectivity index (χ3v) is 4.90. The molecule has 28 heavy (non-hydrogen) atoms. The van der Waals surface area contributed by atoms with Gasteiger partial charge in [0.05, 0.1) is 17.6 Å². The van der Waals surface area contributed by atoms with Gasteiger partial charge in [-0.2, -0.15) is 0 Å². The van der Waals surface area contributed by atoms with E-state index in [4.69, 9.17) is 0 Å². The van der Waals surface area contributed by atoms with Crippen LogP contribution in [0.5, 0.6) is 0 Å². The average Bonchev–Trinajstić information content (AvgIpc) is 3.06. The highest BCUT2D eigenvalue weighted by Gasteiger charge is 2.12. The maximum absolute atomic E-state index is 12.6. The van der Waals surface area contributed by atoms with Crippen LogP contribution in [0.15, 0.2) is 54.9 Å². The molecular weight excluding hydrogens is 376 g/mol. The summed E-state index contributed by atoms with van der Waals surface area (Å²) in [5.41, 5.74) is 3.40. The van der Waals surface area contributed by atoms with E-state index in [0.29, 0.717) is 17.8 Å². The molecule has 1 heterocycles. The third-order valence-electron chi connectivity index (χ3n) is 4.31. The molecule has 2 aromatic carbocycles. The number of imidazole rings is 1.